The van der Waals surface area contributed by atoms with Crippen LogP contribution in [-0.2, 0) is 9.53 Å². The summed E-state index contributed by atoms with van der Waals surface area (Å²) in [7, 11) is 1.66. The van der Waals surface area contributed by atoms with E-state index >= 15 is 0 Å². The lowest BCUT2D eigenvalue weighted by atomic mass is 10.1. The van der Waals surface area contributed by atoms with Crippen molar-refractivity contribution < 1.29 is 9.53 Å². The number of piperazine rings is 1. The van der Waals surface area contributed by atoms with Crippen LogP contribution < -0.4 is 5.32 Å². The molecule has 0 saturated carbocycles. The van der Waals surface area contributed by atoms with Crippen molar-refractivity contribution >= 4 is 42.3 Å². The minimum atomic E-state index is 0. The Morgan fingerprint density at radius 1 is 1.24 bits per heavy atom. The van der Waals surface area contributed by atoms with Gasteiger partial charge in [-0.2, -0.15) is 0 Å². The van der Waals surface area contributed by atoms with E-state index < -0.39 is 0 Å². The summed E-state index contributed by atoms with van der Waals surface area (Å²) >= 11 is 6.29. The summed E-state index contributed by atoms with van der Waals surface area (Å²) in [5, 5.41) is 3.91. The molecule has 1 atom stereocenters. The van der Waals surface area contributed by atoms with Crippen LogP contribution in [0.4, 0.5) is 0 Å². The van der Waals surface area contributed by atoms with E-state index in [4.69, 9.17) is 16.3 Å². The second-order valence-electron chi connectivity index (χ2n) is 5.78. The van der Waals surface area contributed by atoms with Crippen molar-refractivity contribution in [3.63, 3.8) is 0 Å². The number of halogens is 3. The number of amides is 1. The monoisotopic (exact) mass is 411 g/mol. The number of nitrogens with zero attached hydrogens (tertiary/aromatic N) is 2. The van der Waals surface area contributed by atoms with E-state index in [-0.39, 0.29) is 36.8 Å². The Kier molecular flexibility index (Phi) is 12.5. The van der Waals surface area contributed by atoms with Crippen LogP contribution in [0.5, 0.6) is 0 Å². The fraction of sp³-hybridized carbons (Fsp3) is 0.588. The molecule has 1 aromatic rings. The van der Waals surface area contributed by atoms with Crippen LogP contribution in [0.3, 0.4) is 0 Å². The van der Waals surface area contributed by atoms with Gasteiger partial charge >= 0.3 is 0 Å². The molecule has 1 heterocycles. The highest BCUT2D eigenvalue weighted by atomic mass is 35.5. The van der Waals surface area contributed by atoms with Crippen molar-refractivity contribution in [1.82, 2.24) is 15.1 Å². The van der Waals surface area contributed by atoms with Gasteiger partial charge in [0.2, 0.25) is 5.91 Å². The molecule has 1 aliphatic heterocycles. The molecule has 0 bridgehead atoms. The number of ether oxygens (including phenoxy) is 1. The highest BCUT2D eigenvalue weighted by Gasteiger charge is 2.25. The zero-order valence-electron chi connectivity index (χ0n) is 14.7. The maximum atomic E-state index is 12.1. The third-order valence-corrected chi connectivity index (χ3v) is 4.67. The predicted octanol–water partition coefficient (Wildman–Crippen LogP) is 2.62. The number of methoxy groups -OCH3 is 1. The van der Waals surface area contributed by atoms with Crippen molar-refractivity contribution in [3.05, 3.63) is 34.9 Å². The number of carbonyl (C=O) groups excluding carboxylic acids is 1. The Balaban J connectivity index is 0.00000288. The van der Waals surface area contributed by atoms with Gasteiger partial charge < -0.3 is 15.0 Å². The van der Waals surface area contributed by atoms with E-state index in [0.717, 1.165) is 36.8 Å². The third-order valence-electron chi connectivity index (χ3n) is 4.33. The molecule has 144 valence electrons. The average Bonchev–Trinajstić information content (AvgIpc) is 2.58. The van der Waals surface area contributed by atoms with E-state index in [1.165, 1.54) is 0 Å². The molecule has 0 aromatic heterocycles. The van der Waals surface area contributed by atoms with Crippen LogP contribution in [0.2, 0.25) is 5.02 Å². The maximum Gasteiger partial charge on any atom is 0.236 e. The molecular weight excluding hydrogens is 385 g/mol. The van der Waals surface area contributed by atoms with Crippen LogP contribution in [0.15, 0.2) is 24.3 Å². The predicted molar refractivity (Wildman–Crippen MR) is 107 cm³/mol. The van der Waals surface area contributed by atoms with Crippen LogP contribution >= 0.6 is 36.4 Å². The molecule has 1 fully saturated rings. The Hall–Kier alpha value is -0.560. The van der Waals surface area contributed by atoms with E-state index in [9.17, 15) is 4.79 Å². The Labute approximate surface area is 167 Å². The lowest BCUT2D eigenvalue weighted by Gasteiger charge is -2.38. The number of rotatable bonds is 7. The summed E-state index contributed by atoms with van der Waals surface area (Å²) < 4.78 is 4.96. The van der Waals surface area contributed by atoms with Crippen LogP contribution in [0.1, 0.15) is 18.5 Å². The molecule has 5 nitrogen and oxygen atoms in total. The van der Waals surface area contributed by atoms with Crippen molar-refractivity contribution in [3.8, 4) is 0 Å². The highest BCUT2D eigenvalue weighted by Crippen LogP contribution is 2.27. The van der Waals surface area contributed by atoms with Crippen molar-refractivity contribution in [2.45, 2.75) is 13.0 Å². The second kappa shape index (κ2) is 12.7. The second-order valence-corrected chi connectivity index (χ2v) is 6.19. The molecule has 1 aliphatic rings. The summed E-state index contributed by atoms with van der Waals surface area (Å²) in [4.78, 5) is 16.4. The SMILES string of the molecule is COCCNCC(=O)N1CCN(C(C)c2ccccc2Cl)CC1.Cl.Cl. The summed E-state index contributed by atoms with van der Waals surface area (Å²) in [6, 6.07) is 8.23. The molecule has 8 heteroatoms. The van der Waals surface area contributed by atoms with Gasteiger partial charge in [-0.1, -0.05) is 29.8 Å². The summed E-state index contributed by atoms with van der Waals surface area (Å²) in [5.74, 6) is 0.158. The lowest BCUT2D eigenvalue weighted by molar-refractivity contribution is -0.132. The van der Waals surface area contributed by atoms with Gasteiger partial charge in [0.25, 0.3) is 0 Å². The van der Waals surface area contributed by atoms with Crippen molar-refractivity contribution in [2.24, 2.45) is 0 Å². The van der Waals surface area contributed by atoms with E-state index in [0.29, 0.717) is 19.7 Å². The standard InChI is InChI=1S/C17H26ClN3O2.2ClH/c1-14(15-5-3-4-6-16(15)18)20-8-10-21(11-9-20)17(22)13-19-7-12-23-2;;/h3-6,14,19H,7-13H2,1-2H3;2*1H. The molecule has 0 radical (unpaired) electrons. The zero-order valence-corrected chi connectivity index (χ0v) is 17.1. The van der Waals surface area contributed by atoms with Gasteiger partial charge in [0.05, 0.1) is 13.2 Å². The average molecular weight is 413 g/mol. The molecule has 1 unspecified atom stereocenters. The molecule has 1 N–H and O–H groups in total. The van der Waals surface area contributed by atoms with Gasteiger partial charge in [0, 0.05) is 50.9 Å². The van der Waals surface area contributed by atoms with Gasteiger partial charge in [-0.3, -0.25) is 9.69 Å². The first-order valence-corrected chi connectivity index (χ1v) is 8.47. The first kappa shape index (κ1) is 24.4. The van der Waals surface area contributed by atoms with Crippen LogP contribution in [0, 0.1) is 0 Å². The van der Waals surface area contributed by atoms with Crippen molar-refractivity contribution in [1.29, 1.82) is 0 Å². The van der Waals surface area contributed by atoms with Gasteiger partial charge in [-0.05, 0) is 18.6 Å². The topological polar surface area (TPSA) is 44.8 Å². The molecule has 1 saturated heterocycles. The number of nitrogens with one attached hydrogen (secondary N) is 1. The van der Waals surface area contributed by atoms with E-state index in [1.807, 2.05) is 23.1 Å². The first-order valence-electron chi connectivity index (χ1n) is 8.09. The molecule has 25 heavy (non-hydrogen) atoms. The van der Waals surface area contributed by atoms with Gasteiger partial charge in [0.1, 0.15) is 0 Å². The van der Waals surface area contributed by atoms with E-state index in [2.05, 4.69) is 23.2 Å². The molecule has 0 aliphatic carbocycles. The Morgan fingerprint density at radius 2 is 1.88 bits per heavy atom. The normalized spacial score (nSPS) is 15.9. The number of hydrogen-bond acceptors (Lipinski definition) is 4. The molecule has 2 rings (SSSR count). The summed E-state index contributed by atoms with van der Waals surface area (Å²) in [6.07, 6.45) is 0. The minimum absolute atomic E-state index is 0. The molecular formula is C17H28Cl3N3O2. The summed E-state index contributed by atoms with van der Waals surface area (Å²) in [6.45, 7) is 7.14. The maximum absolute atomic E-state index is 12.1. The lowest BCUT2D eigenvalue weighted by Crippen LogP contribution is -2.51. The number of benzene rings is 1. The zero-order chi connectivity index (χ0) is 16.7. The Morgan fingerprint density at radius 3 is 2.48 bits per heavy atom. The quantitative estimate of drug-likeness (QED) is 0.699. The fourth-order valence-corrected chi connectivity index (χ4v) is 3.14. The third kappa shape index (κ3) is 7.29. The smallest absolute Gasteiger partial charge is 0.236 e. The van der Waals surface area contributed by atoms with Gasteiger partial charge in [-0.25, -0.2) is 0 Å². The molecule has 1 amide bonds. The molecule has 1 aromatic carbocycles. The largest absolute Gasteiger partial charge is 0.383 e. The van der Waals surface area contributed by atoms with Crippen molar-refractivity contribution in [2.75, 3.05) is 53.0 Å². The number of carbonyl (C=O) groups is 1. The van der Waals surface area contributed by atoms with E-state index in [1.54, 1.807) is 7.11 Å². The van der Waals surface area contributed by atoms with Gasteiger partial charge in [0.15, 0.2) is 0 Å². The fourth-order valence-electron chi connectivity index (χ4n) is 2.85. The summed E-state index contributed by atoms with van der Waals surface area (Å²) in [5.41, 5.74) is 1.15. The van der Waals surface area contributed by atoms with Gasteiger partial charge in [-0.15, -0.1) is 24.8 Å². The highest BCUT2D eigenvalue weighted by molar-refractivity contribution is 6.31. The number of hydrogen-bond donors (Lipinski definition) is 1. The molecule has 0 spiro atoms. The van der Waals surface area contributed by atoms with Crippen LogP contribution in [-0.4, -0.2) is 68.7 Å². The first-order chi connectivity index (χ1) is 11.1. The van der Waals surface area contributed by atoms with Crippen LogP contribution in [0.25, 0.3) is 0 Å². The Bertz CT molecular complexity index is 512. The minimum Gasteiger partial charge on any atom is -0.383 e.